The van der Waals surface area contributed by atoms with E-state index in [0.717, 1.165) is 57.2 Å². The first-order valence-corrected chi connectivity index (χ1v) is 10.6. The minimum atomic E-state index is 0. The van der Waals surface area contributed by atoms with Crippen molar-refractivity contribution in [2.24, 2.45) is 0 Å². The van der Waals surface area contributed by atoms with Crippen LogP contribution in [0, 0.1) is 0 Å². The molecule has 1 aromatic heterocycles. The van der Waals surface area contributed by atoms with Gasteiger partial charge in [0.2, 0.25) is 0 Å². The Labute approximate surface area is 199 Å². The SMILES string of the molecule is CCn1c2ccc(OCCCN(C)C)cc2c2cc(OCCCN(C)C)ccc21.Cl.Cl. The lowest BCUT2D eigenvalue weighted by molar-refractivity contribution is 0.281. The van der Waals surface area contributed by atoms with Gasteiger partial charge in [-0.1, -0.05) is 0 Å². The van der Waals surface area contributed by atoms with Gasteiger partial charge in [-0.15, -0.1) is 24.8 Å². The molecule has 0 fully saturated rings. The van der Waals surface area contributed by atoms with Gasteiger partial charge in [0.25, 0.3) is 0 Å². The summed E-state index contributed by atoms with van der Waals surface area (Å²) < 4.78 is 14.4. The standard InChI is InChI=1S/C24H35N3O2.2ClH/c1-6-27-23-11-9-19(28-15-7-13-25(2)3)17-21(23)22-18-20(10-12-24(22)27)29-16-8-14-26(4)5;;/h9-12,17-18H,6-8,13-16H2,1-5H3;2*1H. The van der Waals surface area contributed by atoms with Crippen LogP contribution in [0.5, 0.6) is 11.5 Å². The van der Waals surface area contributed by atoms with Crippen molar-refractivity contribution in [2.45, 2.75) is 26.3 Å². The van der Waals surface area contributed by atoms with E-state index in [4.69, 9.17) is 9.47 Å². The van der Waals surface area contributed by atoms with Gasteiger partial charge in [0.15, 0.2) is 0 Å². The molecule has 0 aliphatic rings. The van der Waals surface area contributed by atoms with Gasteiger partial charge in [0.1, 0.15) is 11.5 Å². The summed E-state index contributed by atoms with van der Waals surface area (Å²) in [5.74, 6) is 1.87. The van der Waals surface area contributed by atoms with Gasteiger partial charge in [-0.2, -0.15) is 0 Å². The van der Waals surface area contributed by atoms with Gasteiger partial charge in [-0.3, -0.25) is 0 Å². The molecule has 1 heterocycles. The van der Waals surface area contributed by atoms with Crippen LogP contribution in [0.3, 0.4) is 0 Å². The molecule has 0 saturated heterocycles. The van der Waals surface area contributed by atoms with Gasteiger partial charge < -0.3 is 23.8 Å². The van der Waals surface area contributed by atoms with E-state index in [1.165, 1.54) is 21.8 Å². The fourth-order valence-electron chi connectivity index (χ4n) is 3.72. The van der Waals surface area contributed by atoms with Crippen LogP contribution in [0.4, 0.5) is 0 Å². The first-order valence-electron chi connectivity index (χ1n) is 10.6. The number of ether oxygens (including phenoxy) is 2. The predicted octanol–water partition coefficient (Wildman–Crippen LogP) is 5.32. The van der Waals surface area contributed by atoms with Crippen molar-refractivity contribution in [1.29, 1.82) is 0 Å². The summed E-state index contributed by atoms with van der Waals surface area (Å²) in [5, 5.41) is 2.46. The van der Waals surface area contributed by atoms with Gasteiger partial charge in [0, 0.05) is 41.4 Å². The second kappa shape index (κ2) is 13.0. The number of hydrogen-bond acceptors (Lipinski definition) is 4. The molecule has 5 nitrogen and oxygen atoms in total. The first kappa shape index (κ1) is 27.4. The van der Waals surface area contributed by atoms with Crippen molar-refractivity contribution in [1.82, 2.24) is 14.4 Å². The molecule has 0 unspecified atom stereocenters. The topological polar surface area (TPSA) is 29.9 Å². The highest BCUT2D eigenvalue weighted by Crippen LogP contribution is 2.34. The van der Waals surface area contributed by atoms with Crippen molar-refractivity contribution in [2.75, 3.05) is 54.5 Å². The molecule has 3 aromatic rings. The maximum Gasteiger partial charge on any atom is 0.120 e. The molecule has 0 amide bonds. The Bertz CT molecular complexity index is 868. The number of rotatable bonds is 11. The van der Waals surface area contributed by atoms with Gasteiger partial charge in [-0.25, -0.2) is 0 Å². The monoisotopic (exact) mass is 469 g/mol. The second-order valence-electron chi connectivity index (χ2n) is 8.11. The Morgan fingerprint density at radius 2 is 1.13 bits per heavy atom. The highest BCUT2D eigenvalue weighted by Gasteiger charge is 2.12. The first-order chi connectivity index (χ1) is 14.0. The third-order valence-corrected chi connectivity index (χ3v) is 5.16. The van der Waals surface area contributed by atoms with E-state index < -0.39 is 0 Å². The number of hydrogen-bond donors (Lipinski definition) is 0. The molecule has 0 atom stereocenters. The Balaban J connectivity index is 0.00000240. The Kier molecular flexibility index (Phi) is 11.5. The lowest BCUT2D eigenvalue weighted by atomic mass is 10.1. The molecule has 0 aliphatic heterocycles. The fourth-order valence-corrected chi connectivity index (χ4v) is 3.72. The number of halogens is 2. The summed E-state index contributed by atoms with van der Waals surface area (Å²) in [5.41, 5.74) is 2.49. The zero-order valence-corrected chi connectivity index (χ0v) is 21.0. The van der Waals surface area contributed by atoms with E-state index in [1.54, 1.807) is 0 Å². The van der Waals surface area contributed by atoms with Crippen molar-refractivity contribution < 1.29 is 9.47 Å². The molecule has 0 bridgehead atoms. The summed E-state index contributed by atoms with van der Waals surface area (Å²) >= 11 is 0. The van der Waals surface area contributed by atoms with E-state index in [9.17, 15) is 0 Å². The largest absolute Gasteiger partial charge is 0.494 e. The summed E-state index contributed by atoms with van der Waals surface area (Å²) in [6, 6.07) is 12.9. The van der Waals surface area contributed by atoms with Crippen LogP contribution in [-0.4, -0.2) is 68.9 Å². The van der Waals surface area contributed by atoms with E-state index >= 15 is 0 Å². The number of nitrogens with zero attached hydrogens (tertiary/aromatic N) is 3. The van der Waals surface area contributed by atoms with Crippen LogP contribution >= 0.6 is 24.8 Å². The lowest BCUT2D eigenvalue weighted by Gasteiger charge is -2.11. The smallest absolute Gasteiger partial charge is 0.120 e. The average Bonchev–Trinajstić information content (AvgIpc) is 3.00. The Morgan fingerprint density at radius 1 is 0.710 bits per heavy atom. The molecule has 7 heteroatoms. The van der Waals surface area contributed by atoms with Crippen LogP contribution in [0.25, 0.3) is 21.8 Å². The maximum atomic E-state index is 6.02. The molecule has 0 spiro atoms. The van der Waals surface area contributed by atoms with Crippen LogP contribution in [0.2, 0.25) is 0 Å². The van der Waals surface area contributed by atoms with E-state index in [1.807, 2.05) is 0 Å². The van der Waals surface area contributed by atoms with Crippen molar-refractivity contribution in [3.8, 4) is 11.5 Å². The molecule has 0 saturated carbocycles. The molecule has 0 radical (unpaired) electrons. The molecule has 0 N–H and O–H groups in total. The Morgan fingerprint density at radius 3 is 1.48 bits per heavy atom. The number of aryl methyl sites for hydroxylation is 1. The lowest BCUT2D eigenvalue weighted by Crippen LogP contribution is -2.15. The third kappa shape index (κ3) is 7.18. The van der Waals surface area contributed by atoms with Crippen LogP contribution in [0.1, 0.15) is 19.8 Å². The highest BCUT2D eigenvalue weighted by atomic mass is 35.5. The molecular formula is C24H37Cl2N3O2. The van der Waals surface area contributed by atoms with Gasteiger partial charge >= 0.3 is 0 Å². The number of aromatic nitrogens is 1. The molecule has 174 valence electrons. The average molecular weight is 470 g/mol. The number of benzene rings is 2. The Hall–Kier alpha value is -1.66. The molecule has 0 aliphatic carbocycles. The quantitative estimate of drug-likeness (QED) is 0.355. The number of fused-ring (bicyclic) bond motifs is 3. The van der Waals surface area contributed by atoms with E-state index in [2.05, 4.69) is 85.9 Å². The van der Waals surface area contributed by atoms with Crippen LogP contribution in [-0.2, 0) is 6.54 Å². The normalized spacial score (nSPS) is 11.1. The zero-order valence-electron chi connectivity index (χ0n) is 19.4. The summed E-state index contributed by atoms with van der Waals surface area (Å²) in [6.07, 6.45) is 2.04. The summed E-state index contributed by atoms with van der Waals surface area (Å²) in [6.45, 7) is 6.66. The van der Waals surface area contributed by atoms with Crippen LogP contribution < -0.4 is 9.47 Å². The molecular weight excluding hydrogens is 433 g/mol. The molecule has 2 aromatic carbocycles. The maximum absolute atomic E-state index is 6.02. The summed E-state index contributed by atoms with van der Waals surface area (Å²) in [4.78, 5) is 4.36. The molecule has 31 heavy (non-hydrogen) atoms. The second-order valence-corrected chi connectivity index (χ2v) is 8.11. The molecule has 3 rings (SSSR count). The van der Waals surface area contributed by atoms with Crippen molar-refractivity contribution in [3.63, 3.8) is 0 Å². The zero-order chi connectivity index (χ0) is 20.8. The summed E-state index contributed by atoms with van der Waals surface area (Å²) in [7, 11) is 8.36. The predicted molar refractivity (Wildman–Crippen MR) is 137 cm³/mol. The van der Waals surface area contributed by atoms with Crippen molar-refractivity contribution >= 4 is 46.6 Å². The highest BCUT2D eigenvalue weighted by molar-refractivity contribution is 6.09. The van der Waals surface area contributed by atoms with E-state index in [-0.39, 0.29) is 24.8 Å². The minimum absolute atomic E-state index is 0. The van der Waals surface area contributed by atoms with E-state index in [0.29, 0.717) is 0 Å². The van der Waals surface area contributed by atoms with Crippen molar-refractivity contribution in [3.05, 3.63) is 36.4 Å². The van der Waals surface area contributed by atoms with Gasteiger partial charge in [0.05, 0.1) is 13.2 Å². The minimum Gasteiger partial charge on any atom is -0.494 e. The fraction of sp³-hybridized carbons (Fsp3) is 0.500. The van der Waals surface area contributed by atoms with Gasteiger partial charge in [-0.05, 0) is 84.4 Å². The van der Waals surface area contributed by atoms with Crippen LogP contribution in [0.15, 0.2) is 36.4 Å². The third-order valence-electron chi connectivity index (χ3n) is 5.16.